The minimum absolute atomic E-state index is 0.0284. The molecule has 1 aromatic rings. The van der Waals surface area contributed by atoms with Crippen LogP contribution in [0.5, 0.6) is 0 Å². The van der Waals surface area contributed by atoms with Gasteiger partial charge in [0.25, 0.3) is 0 Å². The molecule has 0 saturated heterocycles. The fraction of sp³-hybridized carbons (Fsp3) is 0. The van der Waals surface area contributed by atoms with Crippen molar-refractivity contribution in [3.05, 3.63) is 30.1 Å². The van der Waals surface area contributed by atoms with Crippen LogP contribution >= 0.6 is 22.6 Å². The van der Waals surface area contributed by atoms with Gasteiger partial charge >= 0.3 is 0 Å². The minimum Gasteiger partial charge on any atom is -0.282 e. The molecule has 46 valence electrons. The van der Waals surface area contributed by atoms with Crippen LogP contribution in [0.2, 0.25) is 0 Å². The molecule has 0 radical (unpaired) electrons. The number of hydrogen-bond acceptors (Lipinski definition) is 2. The largest absolute Gasteiger partial charge is 0.282 e. The maximum atomic E-state index is 10.6. The van der Waals surface area contributed by atoms with E-state index in [9.17, 15) is 4.79 Å². The molecule has 0 saturated carbocycles. The highest BCUT2D eigenvalue weighted by atomic mass is 127. The summed E-state index contributed by atoms with van der Waals surface area (Å²) in [4.78, 5) is 14.4. The lowest BCUT2D eigenvalue weighted by Gasteiger charge is -1.87. The maximum Gasteiger partial charge on any atom is 0.223 e. The zero-order chi connectivity index (χ0) is 6.69. The van der Waals surface area contributed by atoms with Crippen molar-refractivity contribution in [1.82, 2.24) is 4.98 Å². The minimum atomic E-state index is 0.0284. The lowest BCUT2D eigenvalue weighted by atomic mass is 10.3. The molecule has 1 heterocycles. The predicted octanol–water partition coefficient (Wildman–Crippen LogP) is 1.66. The van der Waals surface area contributed by atoms with E-state index < -0.39 is 0 Å². The Balaban J connectivity index is 2.98. The molecule has 0 aliphatic carbocycles. The number of aromatic nitrogens is 1. The van der Waals surface area contributed by atoms with Crippen LogP contribution in [0.1, 0.15) is 10.4 Å². The summed E-state index contributed by atoms with van der Waals surface area (Å²) < 4.78 is 0.0284. The molecule has 0 aromatic carbocycles. The highest BCUT2D eigenvalue weighted by molar-refractivity contribution is 14.1. The first-order valence-corrected chi connectivity index (χ1v) is 3.48. The van der Waals surface area contributed by atoms with E-state index in [1.54, 1.807) is 47.1 Å². The number of hydrogen-bond donors (Lipinski definition) is 0. The summed E-state index contributed by atoms with van der Waals surface area (Å²) in [6.45, 7) is 0. The van der Waals surface area contributed by atoms with Crippen molar-refractivity contribution in [2.24, 2.45) is 0 Å². The molecule has 0 fully saturated rings. The van der Waals surface area contributed by atoms with Crippen molar-refractivity contribution >= 4 is 26.4 Å². The van der Waals surface area contributed by atoms with Crippen LogP contribution < -0.4 is 0 Å². The van der Waals surface area contributed by atoms with Gasteiger partial charge in [0.15, 0.2) is 0 Å². The second-order valence-electron chi connectivity index (χ2n) is 1.52. The van der Waals surface area contributed by atoms with Crippen LogP contribution in [0.3, 0.4) is 0 Å². The van der Waals surface area contributed by atoms with Crippen LogP contribution in [-0.4, -0.2) is 8.77 Å². The molecule has 0 amide bonds. The number of pyridine rings is 1. The average molecular weight is 233 g/mol. The molecular weight excluding hydrogens is 229 g/mol. The van der Waals surface area contributed by atoms with Crippen LogP contribution in [0.25, 0.3) is 0 Å². The third kappa shape index (κ3) is 1.74. The molecule has 9 heavy (non-hydrogen) atoms. The van der Waals surface area contributed by atoms with Crippen molar-refractivity contribution in [3.8, 4) is 0 Å². The first-order chi connectivity index (χ1) is 4.30. The Morgan fingerprint density at radius 1 is 1.67 bits per heavy atom. The summed E-state index contributed by atoms with van der Waals surface area (Å²) in [5, 5.41) is 0. The van der Waals surface area contributed by atoms with Crippen molar-refractivity contribution in [3.63, 3.8) is 0 Å². The van der Waals surface area contributed by atoms with Gasteiger partial charge < -0.3 is 0 Å². The summed E-state index contributed by atoms with van der Waals surface area (Å²) >= 11 is 1.73. The van der Waals surface area contributed by atoms with E-state index in [0.29, 0.717) is 5.56 Å². The van der Waals surface area contributed by atoms with E-state index in [2.05, 4.69) is 4.98 Å². The molecule has 0 atom stereocenters. The van der Waals surface area contributed by atoms with Gasteiger partial charge in [-0.1, -0.05) is 0 Å². The van der Waals surface area contributed by atoms with Crippen molar-refractivity contribution in [2.75, 3.05) is 0 Å². The molecule has 0 aliphatic rings. The number of rotatable bonds is 1. The summed E-state index contributed by atoms with van der Waals surface area (Å²) in [6.07, 6.45) is 3.19. The molecule has 0 aliphatic heterocycles. The Hall–Kier alpha value is -0.450. The van der Waals surface area contributed by atoms with Gasteiger partial charge in [-0.05, 0) is 12.1 Å². The topological polar surface area (TPSA) is 30.0 Å². The van der Waals surface area contributed by atoms with Gasteiger partial charge in [0.2, 0.25) is 3.79 Å². The van der Waals surface area contributed by atoms with Gasteiger partial charge in [-0.25, -0.2) is 0 Å². The molecule has 0 spiro atoms. The maximum absolute atomic E-state index is 10.6. The monoisotopic (exact) mass is 233 g/mol. The molecule has 1 aromatic heterocycles. The smallest absolute Gasteiger partial charge is 0.223 e. The van der Waals surface area contributed by atoms with E-state index in [4.69, 9.17) is 0 Å². The summed E-state index contributed by atoms with van der Waals surface area (Å²) in [6, 6.07) is 3.48. The molecule has 0 unspecified atom stereocenters. The first kappa shape index (κ1) is 6.67. The summed E-state index contributed by atoms with van der Waals surface area (Å²) in [7, 11) is 0. The zero-order valence-electron chi connectivity index (χ0n) is 4.54. The van der Waals surface area contributed by atoms with Gasteiger partial charge in [0, 0.05) is 40.5 Å². The van der Waals surface area contributed by atoms with Crippen LogP contribution in [0.4, 0.5) is 0 Å². The Labute approximate surface area is 66.4 Å². The number of carbonyl (C=O) groups is 1. The molecule has 0 bridgehead atoms. The fourth-order valence-electron chi connectivity index (χ4n) is 0.479. The van der Waals surface area contributed by atoms with Crippen LogP contribution in [-0.2, 0) is 0 Å². The lowest BCUT2D eigenvalue weighted by Crippen LogP contribution is -1.86. The highest BCUT2D eigenvalue weighted by Gasteiger charge is 1.96. The quantitative estimate of drug-likeness (QED) is 0.545. The van der Waals surface area contributed by atoms with Crippen molar-refractivity contribution in [1.29, 1.82) is 0 Å². The molecule has 2 nitrogen and oxygen atoms in total. The second-order valence-corrected chi connectivity index (χ2v) is 2.50. The third-order valence-electron chi connectivity index (χ3n) is 0.888. The molecular formula is C6H4INO. The van der Waals surface area contributed by atoms with Gasteiger partial charge in [0.05, 0.1) is 0 Å². The predicted molar refractivity (Wildman–Crippen MR) is 42.6 cm³/mol. The van der Waals surface area contributed by atoms with E-state index in [-0.39, 0.29) is 3.79 Å². The Bertz CT molecular complexity index is 210. The average Bonchev–Trinajstić information content (AvgIpc) is 1.90. The SMILES string of the molecule is O=C(I)c1cccnc1. The van der Waals surface area contributed by atoms with Gasteiger partial charge in [0.1, 0.15) is 0 Å². The standard InChI is InChI=1S/C6H4INO/c7-6(9)5-2-1-3-8-4-5/h1-4H. The number of nitrogens with zero attached hydrogens (tertiary/aromatic N) is 1. The molecule has 1 rings (SSSR count). The Morgan fingerprint density at radius 2 is 2.44 bits per heavy atom. The highest BCUT2D eigenvalue weighted by Crippen LogP contribution is 2.01. The Morgan fingerprint density at radius 3 is 2.78 bits per heavy atom. The summed E-state index contributed by atoms with van der Waals surface area (Å²) in [5.74, 6) is 0. The zero-order valence-corrected chi connectivity index (χ0v) is 6.70. The molecule has 0 N–H and O–H groups in total. The molecule has 3 heteroatoms. The fourth-order valence-corrected chi connectivity index (χ4v) is 0.798. The van der Waals surface area contributed by atoms with Gasteiger partial charge in [-0.3, -0.25) is 9.78 Å². The van der Waals surface area contributed by atoms with Crippen LogP contribution in [0.15, 0.2) is 24.5 Å². The number of halogens is 1. The number of carbonyl (C=O) groups excluding carboxylic acids is 1. The van der Waals surface area contributed by atoms with Crippen molar-refractivity contribution in [2.45, 2.75) is 0 Å². The van der Waals surface area contributed by atoms with Crippen molar-refractivity contribution < 1.29 is 4.79 Å². The summed E-state index contributed by atoms with van der Waals surface area (Å²) in [5.41, 5.74) is 0.651. The van der Waals surface area contributed by atoms with Gasteiger partial charge in [-0.15, -0.1) is 0 Å². The van der Waals surface area contributed by atoms with E-state index in [1.165, 1.54) is 0 Å². The van der Waals surface area contributed by atoms with E-state index in [0.717, 1.165) is 0 Å². The van der Waals surface area contributed by atoms with Gasteiger partial charge in [-0.2, -0.15) is 0 Å². The van der Waals surface area contributed by atoms with E-state index >= 15 is 0 Å². The lowest BCUT2D eigenvalue weighted by molar-refractivity contribution is 0.110. The third-order valence-corrected chi connectivity index (χ3v) is 1.51. The van der Waals surface area contributed by atoms with Crippen LogP contribution in [0, 0.1) is 0 Å². The first-order valence-electron chi connectivity index (χ1n) is 2.40. The van der Waals surface area contributed by atoms with E-state index in [1.807, 2.05) is 0 Å². The normalized spacial score (nSPS) is 9.00. The second kappa shape index (κ2) is 2.91. The Kier molecular flexibility index (Phi) is 2.16.